The molecular formula is C20H21N3O4S2. The molecule has 0 aliphatic carbocycles. The summed E-state index contributed by atoms with van der Waals surface area (Å²) in [7, 11) is -3.61. The van der Waals surface area contributed by atoms with Gasteiger partial charge in [0.15, 0.2) is 20.8 Å². The van der Waals surface area contributed by atoms with Gasteiger partial charge < -0.3 is 4.74 Å². The van der Waals surface area contributed by atoms with Gasteiger partial charge >= 0.3 is 5.97 Å². The third-order valence-electron chi connectivity index (χ3n) is 4.04. The zero-order valence-corrected chi connectivity index (χ0v) is 17.7. The number of esters is 1. The number of rotatable bonds is 8. The fourth-order valence-corrected chi connectivity index (χ4v) is 4.80. The van der Waals surface area contributed by atoms with Crippen molar-refractivity contribution >= 4 is 27.6 Å². The van der Waals surface area contributed by atoms with Crippen LogP contribution < -0.4 is 0 Å². The SMILES string of the molecule is CCOC(=O)C(C)Sc1nnc(CS(=O)(=O)c2ccccc2)n1-c1ccccc1. The molecule has 2 aromatic carbocycles. The Kier molecular flexibility index (Phi) is 6.71. The molecular weight excluding hydrogens is 410 g/mol. The monoisotopic (exact) mass is 431 g/mol. The molecule has 152 valence electrons. The number of para-hydroxylation sites is 1. The van der Waals surface area contributed by atoms with Gasteiger partial charge in [-0.25, -0.2) is 8.42 Å². The topological polar surface area (TPSA) is 91.2 Å². The average molecular weight is 432 g/mol. The Morgan fingerprint density at radius 2 is 1.69 bits per heavy atom. The summed E-state index contributed by atoms with van der Waals surface area (Å²) in [6, 6.07) is 17.4. The molecule has 9 heteroatoms. The molecule has 29 heavy (non-hydrogen) atoms. The highest BCUT2D eigenvalue weighted by atomic mass is 32.2. The summed E-state index contributed by atoms with van der Waals surface area (Å²) >= 11 is 1.18. The van der Waals surface area contributed by atoms with Crippen molar-refractivity contribution in [1.29, 1.82) is 0 Å². The Bertz CT molecular complexity index is 1070. The largest absolute Gasteiger partial charge is 0.465 e. The minimum atomic E-state index is -3.61. The number of carbonyl (C=O) groups is 1. The van der Waals surface area contributed by atoms with E-state index in [9.17, 15) is 13.2 Å². The average Bonchev–Trinajstić information content (AvgIpc) is 3.10. The van der Waals surface area contributed by atoms with Gasteiger partial charge in [0.1, 0.15) is 11.0 Å². The van der Waals surface area contributed by atoms with Gasteiger partial charge in [0.25, 0.3) is 0 Å². The molecule has 0 N–H and O–H groups in total. The predicted octanol–water partition coefficient (Wildman–Crippen LogP) is 3.28. The van der Waals surface area contributed by atoms with Gasteiger partial charge in [-0.3, -0.25) is 9.36 Å². The molecule has 0 aliphatic heterocycles. The van der Waals surface area contributed by atoms with Crippen LogP contribution in [0.4, 0.5) is 0 Å². The van der Waals surface area contributed by atoms with Crippen LogP contribution in [0.15, 0.2) is 70.7 Å². The fraction of sp³-hybridized carbons (Fsp3) is 0.250. The lowest BCUT2D eigenvalue weighted by Crippen LogP contribution is -2.18. The maximum Gasteiger partial charge on any atom is 0.319 e. The predicted molar refractivity (Wildman–Crippen MR) is 111 cm³/mol. The molecule has 1 aromatic heterocycles. The van der Waals surface area contributed by atoms with Gasteiger partial charge in [-0.1, -0.05) is 48.2 Å². The molecule has 0 fully saturated rings. The lowest BCUT2D eigenvalue weighted by molar-refractivity contribution is -0.142. The molecule has 1 unspecified atom stereocenters. The van der Waals surface area contributed by atoms with Gasteiger partial charge in [-0.2, -0.15) is 0 Å². The highest BCUT2D eigenvalue weighted by Crippen LogP contribution is 2.28. The van der Waals surface area contributed by atoms with E-state index in [1.54, 1.807) is 48.7 Å². The molecule has 0 saturated carbocycles. The van der Waals surface area contributed by atoms with Crippen molar-refractivity contribution in [2.45, 2.75) is 34.9 Å². The van der Waals surface area contributed by atoms with E-state index in [1.807, 2.05) is 30.3 Å². The van der Waals surface area contributed by atoms with Crippen LogP contribution >= 0.6 is 11.8 Å². The van der Waals surface area contributed by atoms with E-state index in [2.05, 4.69) is 10.2 Å². The number of aromatic nitrogens is 3. The Morgan fingerprint density at radius 3 is 2.31 bits per heavy atom. The van der Waals surface area contributed by atoms with Crippen molar-refractivity contribution in [3.8, 4) is 5.69 Å². The van der Waals surface area contributed by atoms with Crippen LogP contribution in [0.3, 0.4) is 0 Å². The lowest BCUT2D eigenvalue weighted by atomic mass is 10.3. The summed E-state index contributed by atoms with van der Waals surface area (Å²) in [4.78, 5) is 12.2. The number of nitrogens with zero attached hydrogens (tertiary/aromatic N) is 3. The van der Waals surface area contributed by atoms with Crippen LogP contribution in [0.25, 0.3) is 5.69 Å². The molecule has 3 aromatic rings. The molecule has 3 rings (SSSR count). The first-order chi connectivity index (χ1) is 13.9. The number of hydrogen-bond acceptors (Lipinski definition) is 7. The van der Waals surface area contributed by atoms with Crippen LogP contribution in [0.2, 0.25) is 0 Å². The van der Waals surface area contributed by atoms with E-state index in [0.717, 1.165) is 0 Å². The maximum absolute atomic E-state index is 12.8. The highest BCUT2D eigenvalue weighted by Gasteiger charge is 2.25. The molecule has 0 saturated heterocycles. The van der Waals surface area contributed by atoms with Crippen molar-refractivity contribution in [3.63, 3.8) is 0 Å². The Hall–Kier alpha value is -2.65. The summed E-state index contributed by atoms with van der Waals surface area (Å²) < 4.78 is 32.4. The van der Waals surface area contributed by atoms with E-state index in [4.69, 9.17) is 4.74 Å². The second-order valence-electron chi connectivity index (χ2n) is 6.15. The van der Waals surface area contributed by atoms with Crippen molar-refractivity contribution in [2.75, 3.05) is 6.61 Å². The second-order valence-corrected chi connectivity index (χ2v) is 9.45. The first kappa shape index (κ1) is 21.1. The first-order valence-corrected chi connectivity index (χ1v) is 11.6. The minimum Gasteiger partial charge on any atom is -0.465 e. The molecule has 0 spiro atoms. The smallest absolute Gasteiger partial charge is 0.319 e. The number of hydrogen-bond donors (Lipinski definition) is 0. The molecule has 0 aliphatic rings. The van der Waals surface area contributed by atoms with Gasteiger partial charge in [0, 0.05) is 5.69 Å². The van der Waals surface area contributed by atoms with E-state index < -0.39 is 15.1 Å². The minimum absolute atomic E-state index is 0.219. The normalized spacial score (nSPS) is 12.5. The van der Waals surface area contributed by atoms with Crippen LogP contribution in [0.5, 0.6) is 0 Å². The molecule has 0 amide bonds. The van der Waals surface area contributed by atoms with E-state index in [1.165, 1.54) is 11.8 Å². The van der Waals surface area contributed by atoms with Gasteiger partial charge in [-0.15, -0.1) is 10.2 Å². The lowest BCUT2D eigenvalue weighted by Gasteiger charge is -2.13. The van der Waals surface area contributed by atoms with Gasteiger partial charge in [-0.05, 0) is 38.1 Å². The quantitative estimate of drug-likeness (QED) is 0.399. The van der Waals surface area contributed by atoms with Crippen LogP contribution in [0, 0.1) is 0 Å². The van der Waals surface area contributed by atoms with Gasteiger partial charge in [0.2, 0.25) is 0 Å². The second kappa shape index (κ2) is 9.23. The van der Waals surface area contributed by atoms with Gasteiger partial charge in [0.05, 0.1) is 11.5 Å². The highest BCUT2D eigenvalue weighted by molar-refractivity contribution is 8.00. The van der Waals surface area contributed by atoms with Crippen LogP contribution in [0.1, 0.15) is 19.7 Å². The fourth-order valence-electron chi connectivity index (χ4n) is 2.65. The van der Waals surface area contributed by atoms with Crippen molar-refractivity contribution in [3.05, 3.63) is 66.5 Å². The summed E-state index contributed by atoms with van der Waals surface area (Å²) in [5.74, 6) is -0.398. The number of thioether (sulfide) groups is 1. The number of benzene rings is 2. The first-order valence-electron chi connectivity index (χ1n) is 9.03. The Balaban J connectivity index is 1.98. The standard InChI is InChI=1S/C20H21N3O4S2/c1-3-27-19(24)15(2)28-20-22-21-18(23(20)16-10-6-4-7-11-16)14-29(25,26)17-12-8-5-9-13-17/h4-13,15H,3,14H2,1-2H3. The number of carbonyl (C=O) groups excluding carboxylic acids is 1. The van der Waals surface area contributed by atoms with Crippen LogP contribution in [-0.4, -0.2) is 41.0 Å². The molecule has 7 nitrogen and oxygen atoms in total. The summed E-state index contributed by atoms with van der Waals surface area (Å²) in [5.41, 5.74) is 0.717. The van der Waals surface area contributed by atoms with E-state index in [-0.39, 0.29) is 29.0 Å². The summed E-state index contributed by atoms with van der Waals surface area (Å²) in [6.07, 6.45) is 0. The number of sulfone groups is 1. The maximum atomic E-state index is 12.8. The molecule has 1 heterocycles. The van der Waals surface area contributed by atoms with E-state index in [0.29, 0.717) is 10.8 Å². The Morgan fingerprint density at radius 1 is 1.07 bits per heavy atom. The van der Waals surface area contributed by atoms with E-state index >= 15 is 0 Å². The van der Waals surface area contributed by atoms with Crippen molar-refractivity contribution < 1.29 is 17.9 Å². The third kappa shape index (κ3) is 5.04. The zero-order chi connectivity index (χ0) is 20.9. The third-order valence-corrected chi connectivity index (χ3v) is 6.69. The summed E-state index contributed by atoms with van der Waals surface area (Å²) in [6.45, 7) is 3.75. The number of ether oxygens (including phenoxy) is 1. The van der Waals surface area contributed by atoms with Crippen molar-refractivity contribution in [1.82, 2.24) is 14.8 Å². The van der Waals surface area contributed by atoms with Crippen LogP contribution in [-0.2, 0) is 25.1 Å². The molecule has 0 radical (unpaired) electrons. The zero-order valence-electron chi connectivity index (χ0n) is 16.1. The summed E-state index contributed by atoms with van der Waals surface area (Å²) in [5, 5.41) is 8.19. The molecule has 0 bridgehead atoms. The molecule has 1 atom stereocenters. The Labute approximate surface area is 174 Å². The van der Waals surface area contributed by atoms with Crippen molar-refractivity contribution in [2.24, 2.45) is 0 Å².